The Bertz CT molecular complexity index is 628. The second kappa shape index (κ2) is 3.41. The molecule has 0 amide bonds. The van der Waals surface area contributed by atoms with Gasteiger partial charge in [-0.2, -0.15) is 5.10 Å². The van der Waals surface area contributed by atoms with E-state index in [1.165, 1.54) is 0 Å². The van der Waals surface area contributed by atoms with E-state index in [-0.39, 0.29) is 0 Å². The van der Waals surface area contributed by atoms with Gasteiger partial charge in [-0.25, -0.2) is 9.50 Å². The van der Waals surface area contributed by atoms with Crippen molar-refractivity contribution >= 4 is 5.65 Å². The van der Waals surface area contributed by atoms with Crippen LogP contribution in [0.5, 0.6) is 0 Å². The van der Waals surface area contributed by atoms with Gasteiger partial charge < -0.3 is 0 Å². The van der Waals surface area contributed by atoms with E-state index in [0.717, 1.165) is 22.5 Å². The van der Waals surface area contributed by atoms with Crippen LogP contribution in [0, 0.1) is 6.92 Å². The summed E-state index contributed by atoms with van der Waals surface area (Å²) < 4.78 is 1.84. The zero-order chi connectivity index (χ0) is 11.0. The second-order valence-corrected chi connectivity index (χ2v) is 3.63. The molecule has 0 aliphatic rings. The lowest BCUT2D eigenvalue weighted by atomic mass is 10.1. The number of hydrogen-bond acceptors (Lipinski definition) is 3. The molecule has 0 radical (unpaired) electrons. The number of nitrogens with zero attached hydrogens (tertiary/aromatic N) is 4. The Hall–Kier alpha value is -2.23. The monoisotopic (exact) mass is 210 g/mol. The third-order valence-electron chi connectivity index (χ3n) is 2.53. The Kier molecular flexibility index (Phi) is 1.93. The number of fused-ring (bicyclic) bond motifs is 1. The first kappa shape index (κ1) is 9.03. The smallest absolute Gasteiger partial charge is 0.155 e. The molecule has 3 aromatic rings. The van der Waals surface area contributed by atoms with Crippen molar-refractivity contribution in [2.75, 3.05) is 0 Å². The first-order valence-corrected chi connectivity index (χ1v) is 5.06. The third kappa shape index (κ3) is 1.27. The van der Waals surface area contributed by atoms with Crippen molar-refractivity contribution in [2.45, 2.75) is 6.92 Å². The molecule has 0 bridgehead atoms. The molecule has 0 N–H and O–H groups in total. The molecule has 0 aliphatic heterocycles. The molecule has 0 fully saturated rings. The molecule has 0 spiro atoms. The van der Waals surface area contributed by atoms with Gasteiger partial charge in [-0.1, -0.05) is 0 Å². The largest absolute Gasteiger partial charge is 0.264 e. The van der Waals surface area contributed by atoms with Crippen molar-refractivity contribution < 1.29 is 0 Å². The van der Waals surface area contributed by atoms with Crippen molar-refractivity contribution in [3.63, 3.8) is 0 Å². The average Bonchev–Trinajstić information content (AvgIpc) is 2.78. The second-order valence-electron chi connectivity index (χ2n) is 3.63. The molecule has 78 valence electrons. The first-order valence-electron chi connectivity index (χ1n) is 5.06. The topological polar surface area (TPSA) is 43.1 Å². The van der Waals surface area contributed by atoms with Crippen LogP contribution in [0.4, 0.5) is 0 Å². The Balaban J connectivity index is 2.38. The lowest BCUT2D eigenvalue weighted by Gasteiger charge is -2.07. The van der Waals surface area contributed by atoms with Crippen LogP contribution in [0.15, 0.2) is 43.0 Å². The van der Waals surface area contributed by atoms with E-state index in [2.05, 4.69) is 15.1 Å². The van der Waals surface area contributed by atoms with Gasteiger partial charge in [-0.05, 0) is 24.6 Å². The highest BCUT2D eigenvalue weighted by Crippen LogP contribution is 2.21. The summed E-state index contributed by atoms with van der Waals surface area (Å²) in [5, 5.41) is 4.28. The molecule has 0 atom stereocenters. The first-order chi connectivity index (χ1) is 7.86. The van der Waals surface area contributed by atoms with Crippen molar-refractivity contribution in [2.24, 2.45) is 0 Å². The van der Waals surface area contributed by atoms with Gasteiger partial charge in [0.15, 0.2) is 5.65 Å². The molecule has 16 heavy (non-hydrogen) atoms. The maximum absolute atomic E-state index is 4.31. The van der Waals surface area contributed by atoms with Crippen molar-refractivity contribution in [3.05, 3.63) is 48.5 Å². The fourth-order valence-electron chi connectivity index (χ4n) is 1.81. The van der Waals surface area contributed by atoms with E-state index in [9.17, 15) is 0 Å². The van der Waals surface area contributed by atoms with Gasteiger partial charge in [-0.3, -0.25) is 4.98 Å². The average molecular weight is 210 g/mol. The van der Waals surface area contributed by atoms with E-state index in [1.54, 1.807) is 12.4 Å². The third-order valence-corrected chi connectivity index (χ3v) is 2.53. The van der Waals surface area contributed by atoms with Gasteiger partial charge in [0.1, 0.15) is 0 Å². The minimum Gasteiger partial charge on any atom is -0.264 e. The van der Waals surface area contributed by atoms with Crippen LogP contribution in [0.2, 0.25) is 0 Å². The van der Waals surface area contributed by atoms with Crippen LogP contribution in [0.3, 0.4) is 0 Å². The molecule has 4 heteroatoms. The molecular formula is C12H10N4. The summed E-state index contributed by atoms with van der Waals surface area (Å²) in [6, 6.07) is 5.83. The number of aromatic nitrogens is 4. The molecule has 4 nitrogen and oxygen atoms in total. The van der Waals surface area contributed by atoms with E-state index in [4.69, 9.17) is 0 Å². The molecule has 0 saturated carbocycles. The van der Waals surface area contributed by atoms with Gasteiger partial charge in [-0.15, -0.1) is 0 Å². The van der Waals surface area contributed by atoms with Crippen molar-refractivity contribution in [1.82, 2.24) is 19.6 Å². The standard InChI is InChI=1S/C12H10N4/c1-9-7-14-11-4-6-15-16(11)12(9)10-3-2-5-13-8-10/h2-8H,1H3. The quantitative estimate of drug-likeness (QED) is 0.617. The summed E-state index contributed by atoms with van der Waals surface area (Å²) in [6.07, 6.45) is 7.21. The predicted octanol–water partition coefficient (Wildman–Crippen LogP) is 2.10. The summed E-state index contributed by atoms with van der Waals surface area (Å²) in [7, 11) is 0. The zero-order valence-corrected chi connectivity index (χ0v) is 8.83. The predicted molar refractivity (Wildman–Crippen MR) is 61.0 cm³/mol. The van der Waals surface area contributed by atoms with Gasteiger partial charge in [0.05, 0.1) is 11.9 Å². The maximum Gasteiger partial charge on any atom is 0.155 e. The van der Waals surface area contributed by atoms with Crippen LogP contribution >= 0.6 is 0 Å². The summed E-state index contributed by atoms with van der Waals surface area (Å²) in [5.74, 6) is 0. The fraction of sp³-hybridized carbons (Fsp3) is 0.0833. The van der Waals surface area contributed by atoms with E-state index >= 15 is 0 Å². The van der Waals surface area contributed by atoms with Gasteiger partial charge in [0.2, 0.25) is 0 Å². The zero-order valence-electron chi connectivity index (χ0n) is 8.83. The Morgan fingerprint density at radius 2 is 2.06 bits per heavy atom. The highest BCUT2D eigenvalue weighted by atomic mass is 15.2. The molecule has 0 aliphatic carbocycles. The lowest BCUT2D eigenvalue weighted by molar-refractivity contribution is 0.936. The summed E-state index contributed by atoms with van der Waals surface area (Å²) in [5.41, 5.74) is 4.04. The lowest BCUT2D eigenvalue weighted by Crippen LogP contribution is -1.98. The molecule has 0 aromatic carbocycles. The molecule has 3 rings (SSSR count). The maximum atomic E-state index is 4.31. The van der Waals surface area contributed by atoms with Crippen LogP contribution in [0.25, 0.3) is 16.9 Å². The Morgan fingerprint density at radius 3 is 2.88 bits per heavy atom. The highest BCUT2D eigenvalue weighted by molar-refractivity contribution is 5.64. The Morgan fingerprint density at radius 1 is 1.12 bits per heavy atom. The van der Waals surface area contributed by atoms with Crippen LogP contribution < -0.4 is 0 Å². The van der Waals surface area contributed by atoms with Gasteiger partial charge in [0, 0.05) is 30.2 Å². The normalized spacial score (nSPS) is 10.8. The summed E-state index contributed by atoms with van der Waals surface area (Å²) in [6.45, 7) is 2.02. The number of pyridine rings is 1. The molecule has 3 aromatic heterocycles. The summed E-state index contributed by atoms with van der Waals surface area (Å²) in [4.78, 5) is 8.44. The van der Waals surface area contributed by atoms with Crippen LogP contribution in [0.1, 0.15) is 5.56 Å². The van der Waals surface area contributed by atoms with E-state index in [1.807, 2.05) is 42.0 Å². The molecular weight excluding hydrogens is 200 g/mol. The van der Waals surface area contributed by atoms with Crippen LogP contribution in [-0.4, -0.2) is 19.6 Å². The SMILES string of the molecule is Cc1cnc2ccnn2c1-c1cccnc1. The van der Waals surface area contributed by atoms with Crippen molar-refractivity contribution in [1.29, 1.82) is 0 Å². The van der Waals surface area contributed by atoms with Gasteiger partial charge in [0.25, 0.3) is 0 Å². The molecule has 0 saturated heterocycles. The number of hydrogen-bond donors (Lipinski definition) is 0. The fourth-order valence-corrected chi connectivity index (χ4v) is 1.81. The Labute approximate surface area is 92.6 Å². The van der Waals surface area contributed by atoms with E-state index < -0.39 is 0 Å². The van der Waals surface area contributed by atoms with Gasteiger partial charge >= 0.3 is 0 Å². The van der Waals surface area contributed by atoms with Crippen molar-refractivity contribution in [3.8, 4) is 11.3 Å². The minimum atomic E-state index is 0.851. The molecule has 3 heterocycles. The summed E-state index contributed by atoms with van der Waals surface area (Å²) >= 11 is 0. The van der Waals surface area contributed by atoms with E-state index in [0.29, 0.717) is 0 Å². The highest BCUT2D eigenvalue weighted by Gasteiger charge is 2.08. The number of aryl methyl sites for hydroxylation is 1. The molecule has 0 unspecified atom stereocenters. The number of rotatable bonds is 1. The van der Waals surface area contributed by atoms with Crippen LogP contribution in [-0.2, 0) is 0 Å². The minimum absolute atomic E-state index is 0.851.